The summed E-state index contributed by atoms with van der Waals surface area (Å²) in [7, 11) is 4.02. The average molecular weight is 250 g/mol. The van der Waals surface area contributed by atoms with Crippen molar-refractivity contribution >= 4 is 5.91 Å². The zero-order valence-electron chi connectivity index (χ0n) is 12.1. The molecule has 0 aromatic rings. The van der Waals surface area contributed by atoms with Crippen LogP contribution in [0.4, 0.5) is 0 Å². The van der Waals surface area contributed by atoms with Crippen LogP contribution in [0.2, 0.25) is 0 Å². The molecule has 0 N–H and O–H groups in total. The summed E-state index contributed by atoms with van der Waals surface area (Å²) in [5, 5.41) is 0. The average Bonchev–Trinajstić information content (AvgIpc) is 2.11. The fourth-order valence-electron chi connectivity index (χ4n) is 3.17. The van der Waals surface area contributed by atoms with Crippen LogP contribution >= 0.6 is 0 Å². The van der Waals surface area contributed by atoms with Gasteiger partial charge in [0.05, 0.1) is 0 Å². The Bertz CT molecular complexity index is 332. The van der Waals surface area contributed by atoms with Gasteiger partial charge in [-0.2, -0.15) is 0 Å². The maximum atomic E-state index is 11.9. The molecule has 102 valence electrons. The van der Waals surface area contributed by atoms with E-state index in [4.69, 9.17) is 0 Å². The zero-order chi connectivity index (χ0) is 13.3. The highest BCUT2D eigenvalue weighted by Gasteiger charge is 2.53. The number of likely N-dealkylation sites (N-methyl/N-ethyl adjacent to an activating group) is 1. The largest absolute Gasteiger partial charge is 0.338 e. The summed E-state index contributed by atoms with van der Waals surface area (Å²) in [6.07, 6.45) is 6.34. The molecular weight excluding hydrogens is 224 g/mol. The SMILES string of the molecule is CC(C)C1CC2(C1)CN(C(=O)/C=C/CN(C)C)C2. The third-order valence-corrected chi connectivity index (χ3v) is 4.43. The van der Waals surface area contributed by atoms with Gasteiger partial charge in [-0.05, 0) is 38.8 Å². The van der Waals surface area contributed by atoms with Crippen LogP contribution in [0.5, 0.6) is 0 Å². The van der Waals surface area contributed by atoms with Crippen molar-refractivity contribution in [1.29, 1.82) is 0 Å². The number of likely N-dealkylation sites (tertiary alicyclic amines) is 1. The number of amides is 1. The quantitative estimate of drug-likeness (QED) is 0.713. The van der Waals surface area contributed by atoms with Crippen LogP contribution in [0.1, 0.15) is 26.7 Å². The Balaban J connectivity index is 1.70. The molecule has 2 fully saturated rings. The minimum absolute atomic E-state index is 0.190. The van der Waals surface area contributed by atoms with Crippen LogP contribution in [0.3, 0.4) is 0 Å². The minimum Gasteiger partial charge on any atom is -0.338 e. The number of carbonyl (C=O) groups excluding carboxylic acids is 1. The van der Waals surface area contributed by atoms with Crippen molar-refractivity contribution in [1.82, 2.24) is 9.80 Å². The highest BCUT2D eigenvalue weighted by molar-refractivity contribution is 5.88. The van der Waals surface area contributed by atoms with Crippen LogP contribution < -0.4 is 0 Å². The lowest BCUT2D eigenvalue weighted by atomic mass is 9.55. The summed E-state index contributed by atoms with van der Waals surface area (Å²) in [6, 6.07) is 0. The highest BCUT2D eigenvalue weighted by atomic mass is 16.2. The summed E-state index contributed by atoms with van der Waals surface area (Å²) in [5.74, 6) is 1.89. The number of hydrogen-bond acceptors (Lipinski definition) is 2. The van der Waals surface area contributed by atoms with E-state index in [9.17, 15) is 4.79 Å². The van der Waals surface area contributed by atoms with E-state index in [1.807, 2.05) is 25.1 Å². The smallest absolute Gasteiger partial charge is 0.246 e. The van der Waals surface area contributed by atoms with Crippen molar-refractivity contribution in [2.45, 2.75) is 26.7 Å². The van der Waals surface area contributed by atoms with Gasteiger partial charge in [0, 0.05) is 31.1 Å². The third-order valence-electron chi connectivity index (χ3n) is 4.43. The van der Waals surface area contributed by atoms with Crippen LogP contribution in [-0.2, 0) is 4.79 Å². The molecule has 0 aromatic heterocycles. The fraction of sp³-hybridized carbons (Fsp3) is 0.800. The Morgan fingerprint density at radius 3 is 2.50 bits per heavy atom. The Morgan fingerprint density at radius 2 is 2.00 bits per heavy atom. The molecule has 0 aromatic carbocycles. The predicted molar refractivity (Wildman–Crippen MR) is 74.3 cm³/mol. The maximum absolute atomic E-state index is 11.9. The molecule has 18 heavy (non-hydrogen) atoms. The molecule has 2 aliphatic rings. The highest BCUT2D eigenvalue weighted by Crippen LogP contribution is 2.54. The summed E-state index contributed by atoms with van der Waals surface area (Å²) in [5.41, 5.74) is 0.500. The number of hydrogen-bond donors (Lipinski definition) is 0. The van der Waals surface area contributed by atoms with Crippen molar-refractivity contribution in [2.24, 2.45) is 17.3 Å². The Morgan fingerprint density at radius 1 is 1.39 bits per heavy atom. The Hall–Kier alpha value is -0.830. The van der Waals surface area contributed by atoms with Gasteiger partial charge < -0.3 is 9.80 Å². The standard InChI is InChI=1S/C15H26N2O/c1-12(2)13-8-15(9-13)10-17(11-15)14(18)6-5-7-16(3)4/h5-6,12-13H,7-11H2,1-4H3/b6-5+. The van der Waals surface area contributed by atoms with Gasteiger partial charge in [-0.1, -0.05) is 19.9 Å². The lowest BCUT2D eigenvalue weighted by Crippen LogP contribution is -2.64. The summed E-state index contributed by atoms with van der Waals surface area (Å²) >= 11 is 0. The monoisotopic (exact) mass is 250 g/mol. The van der Waals surface area contributed by atoms with Gasteiger partial charge in [0.25, 0.3) is 0 Å². The predicted octanol–water partition coefficient (Wildman–Crippen LogP) is 2.00. The van der Waals surface area contributed by atoms with E-state index < -0.39 is 0 Å². The molecule has 3 nitrogen and oxygen atoms in total. The van der Waals surface area contributed by atoms with Crippen molar-refractivity contribution in [2.75, 3.05) is 33.7 Å². The lowest BCUT2D eigenvalue weighted by molar-refractivity contribution is -0.152. The molecule has 1 saturated heterocycles. The van der Waals surface area contributed by atoms with Gasteiger partial charge in [-0.15, -0.1) is 0 Å². The van der Waals surface area contributed by atoms with Gasteiger partial charge >= 0.3 is 0 Å². The second-order valence-electron chi connectivity index (χ2n) is 6.77. The molecule has 0 atom stereocenters. The second kappa shape index (κ2) is 5.04. The van der Waals surface area contributed by atoms with E-state index in [1.54, 1.807) is 6.08 Å². The summed E-state index contributed by atoms with van der Waals surface area (Å²) in [6.45, 7) is 7.43. The summed E-state index contributed by atoms with van der Waals surface area (Å²) < 4.78 is 0. The molecule has 1 saturated carbocycles. The molecular formula is C15H26N2O. The molecule has 1 aliphatic heterocycles. The molecule has 1 aliphatic carbocycles. The van der Waals surface area contributed by atoms with Gasteiger partial charge in [-0.25, -0.2) is 0 Å². The number of rotatable bonds is 4. The first-order valence-corrected chi connectivity index (χ1v) is 7.02. The molecule has 1 amide bonds. The van der Waals surface area contributed by atoms with Gasteiger partial charge in [0.1, 0.15) is 0 Å². The Labute approximate surface area is 111 Å². The van der Waals surface area contributed by atoms with Crippen molar-refractivity contribution in [3.05, 3.63) is 12.2 Å². The van der Waals surface area contributed by atoms with Crippen molar-refractivity contribution in [3.63, 3.8) is 0 Å². The van der Waals surface area contributed by atoms with E-state index in [0.29, 0.717) is 5.41 Å². The Kier molecular flexibility index (Phi) is 3.81. The fourth-order valence-corrected chi connectivity index (χ4v) is 3.17. The first-order valence-electron chi connectivity index (χ1n) is 7.02. The molecule has 0 bridgehead atoms. The van der Waals surface area contributed by atoms with Gasteiger partial charge in [-0.3, -0.25) is 4.79 Å². The van der Waals surface area contributed by atoms with Gasteiger partial charge in [0.2, 0.25) is 5.91 Å². The van der Waals surface area contributed by atoms with Crippen molar-refractivity contribution < 1.29 is 4.79 Å². The third kappa shape index (κ3) is 2.77. The normalized spacial score (nSPS) is 22.9. The van der Waals surface area contributed by atoms with Crippen LogP contribution in [0, 0.1) is 17.3 Å². The molecule has 1 heterocycles. The molecule has 2 rings (SSSR count). The lowest BCUT2D eigenvalue weighted by Gasteiger charge is -2.60. The van der Waals surface area contributed by atoms with Gasteiger partial charge in [0.15, 0.2) is 0 Å². The number of carbonyl (C=O) groups is 1. The minimum atomic E-state index is 0.190. The molecule has 0 unspecified atom stereocenters. The van der Waals surface area contributed by atoms with Crippen LogP contribution in [0.25, 0.3) is 0 Å². The topological polar surface area (TPSA) is 23.6 Å². The maximum Gasteiger partial charge on any atom is 0.246 e. The number of nitrogens with zero attached hydrogens (tertiary/aromatic N) is 2. The van der Waals surface area contributed by atoms with E-state index in [0.717, 1.165) is 31.5 Å². The molecule has 0 radical (unpaired) electrons. The first kappa shape index (κ1) is 13.6. The van der Waals surface area contributed by atoms with E-state index in [2.05, 4.69) is 18.7 Å². The van der Waals surface area contributed by atoms with E-state index in [1.165, 1.54) is 12.8 Å². The second-order valence-corrected chi connectivity index (χ2v) is 6.77. The van der Waals surface area contributed by atoms with Crippen molar-refractivity contribution in [3.8, 4) is 0 Å². The van der Waals surface area contributed by atoms with Crippen LogP contribution in [-0.4, -0.2) is 49.4 Å². The zero-order valence-corrected chi connectivity index (χ0v) is 12.1. The summed E-state index contributed by atoms with van der Waals surface area (Å²) in [4.78, 5) is 15.9. The first-order chi connectivity index (χ1) is 8.42. The van der Waals surface area contributed by atoms with Crippen LogP contribution in [0.15, 0.2) is 12.2 Å². The van der Waals surface area contributed by atoms with E-state index in [-0.39, 0.29) is 5.91 Å². The molecule has 3 heteroatoms. The van der Waals surface area contributed by atoms with E-state index >= 15 is 0 Å². The molecule has 1 spiro atoms.